The number of alkyl halides is 1. The first kappa shape index (κ1) is 14.1. The van der Waals surface area contributed by atoms with E-state index in [9.17, 15) is 10.1 Å². The van der Waals surface area contributed by atoms with Crippen LogP contribution in [0, 0.1) is 10.1 Å². The quantitative estimate of drug-likeness (QED) is 0.486. The van der Waals surface area contributed by atoms with Gasteiger partial charge in [0.05, 0.1) is 10.8 Å². The van der Waals surface area contributed by atoms with E-state index in [1.807, 2.05) is 12.1 Å². The molecular weight excluding hydrogens is 266 g/mol. The maximum absolute atomic E-state index is 10.9. The highest BCUT2D eigenvalue weighted by molar-refractivity contribution is 6.17. The summed E-state index contributed by atoms with van der Waals surface area (Å²) < 4.78 is 0. The van der Waals surface area contributed by atoms with Gasteiger partial charge in [0, 0.05) is 43.0 Å². The molecule has 1 atom stereocenters. The van der Waals surface area contributed by atoms with Crippen molar-refractivity contribution in [2.75, 3.05) is 31.6 Å². The second-order valence-corrected chi connectivity index (χ2v) is 5.28. The Morgan fingerprint density at radius 3 is 2.79 bits per heavy atom. The van der Waals surface area contributed by atoms with E-state index in [1.54, 1.807) is 6.07 Å². The zero-order valence-corrected chi connectivity index (χ0v) is 11.9. The second-order valence-electron chi connectivity index (χ2n) is 5.01. The van der Waals surface area contributed by atoms with Gasteiger partial charge in [0.25, 0.3) is 5.69 Å². The van der Waals surface area contributed by atoms with Gasteiger partial charge in [-0.2, -0.15) is 0 Å². The van der Waals surface area contributed by atoms with E-state index in [1.165, 1.54) is 0 Å². The van der Waals surface area contributed by atoms with Gasteiger partial charge in [-0.25, -0.2) is 0 Å². The van der Waals surface area contributed by atoms with Crippen LogP contribution in [0.15, 0.2) is 18.2 Å². The molecule has 0 saturated carbocycles. The molecule has 1 fully saturated rings. The number of nitro groups is 1. The summed E-state index contributed by atoms with van der Waals surface area (Å²) in [5, 5.41) is 10.9. The molecule has 0 aliphatic carbocycles. The minimum absolute atomic E-state index is 0.0977. The molecule has 0 radical (unpaired) electrons. The molecule has 5 nitrogen and oxygen atoms in total. The molecule has 0 aromatic heterocycles. The molecule has 1 unspecified atom stereocenters. The van der Waals surface area contributed by atoms with Crippen LogP contribution in [0.2, 0.25) is 0 Å². The molecule has 2 rings (SSSR count). The Labute approximate surface area is 117 Å². The standard InChI is InChI=1S/C13H18ClN3O2/c1-10-9-15(2)5-6-16(10)12-3-4-13(17(18)19)11(7-12)8-14/h3-4,7,10H,5-6,8-9H2,1-2H3. The molecule has 19 heavy (non-hydrogen) atoms. The number of piperazine rings is 1. The van der Waals surface area contributed by atoms with Crippen LogP contribution in [0.25, 0.3) is 0 Å². The highest BCUT2D eigenvalue weighted by atomic mass is 35.5. The molecule has 1 aromatic carbocycles. The number of halogens is 1. The van der Waals surface area contributed by atoms with Gasteiger partial charge in [-0.15, -0.1) is 11.6 Å². The molecular formula is C13H18ClN3O2. The van der Waals surface area contributed by atoms with Crippen LogP contribution in [0.4, 0.5) is 11.4 Å². The molecule has 6 heteroatoms. The molecule has 0 amide bonds. The number of hydrogen-bond acceptors (Lipinski definition) is 4. The van der Waals surface area contributed by atoms with Crippen molar-refractivity contribution in [2.45, 2.75) is 18.8 Å². The summed E-state index contributed by atoms with van der Waals surface area (Å²) in [5.41, 5.74) is 1.69. The van der Waals surface area contributed by atoms with Crippen molar-refractivity contribution in [3.8, 4) is 0 Å². The van der Waals surface area contributed by atoms with Gasteiger partial charge >= 0.3 is 0 Å². The lowest BCUT2D eigenvalue weighted by molar-refractivity contribution is -0.385. The first-order chi connectivity index (χ1) is 9.02. The van der Waals surface area contributed by atoms with Gasteiger partial charge in [-0.3, -0.25) is 10.1 Å². The van der Waals surface area contributed by atoms with E-state index in [2.05, 4.69) is 23.8 Å². The number of hydrogen-bond donors (Lipinski definition) is 0. The zero-order valence-electron chi connectivity index (χ0n) is 11.2. The van der Waals surface area contributed by atoms with Crippen LogP contribution < -0.4 is 4.90 Å². The Morgan fingerprint density at radius 2 is 2.21 bits per heavy atom. The lowest BCUT2D eigenvalue weighted by atomic mass is 10.1. The SMILES string of the molecule is CC1CN(C)CCN1c1ccc([N+](=O)[O-])c(CCl)c1. The first-order valence-corrected chi connectivity index (χ1v) is 6.85. The number of likely N-dealkylation sites (N-methyl/N-ethyl adjacent to an activating group) is 1. The molecule has 1 aliphatic rings. The average molecular weight is 284 g/mol. The number of rotatable bonds is 3. The highest BCUT2D eigenvalue weighted by Crippen LogP contribution is 2.28. The topological polar surface area (TPSA) is 49.6 Å². The van der Waals surface area contributed by atoms with Crippen LogP contribution in [0.3, 0.4) is 0 Å². The molecule has 1 heterocycles. The number of nitrogens with zero attached hydrogens (tertiary/aromatic N) is 3. The molecule has 0 bridgehead atoms. The number of nitro benzene ring substituents is 1. The van der Waals surface area contributed by atoms with E-state index in [0.717, 1.165) is 25.3 Å². The average Bonchev–Trinajstić information content (AvgIpc) is 2.37. The maximum atomic E-state index is 10.9. The minimum Gasteiger partial charge on any atom is -0.366 e. The van der Waals surface area contributed by atoms with Gasteiger partial charge < -0.3 is 9.80 Å². The van der Waals surface area contributed by atoms with Crippen LogP contribution >= 0.6 is 11.6 Å². The van der Waals surface area contributed by atoms with Crippen molar-refractivity contribution in [1.29, 1.82) is 0 Å². The predicted molar refractivity (Wildman–Crippen MR) is 77.0 cm³/mol. The maximum Gasteiger partial charge on any atom is 0.273 e. The summed E-state index contributed by atoms with van der Waals surface area (Å²) >= 11 is 5.82. The molecule has 0 spiro atoms. The molecule has 1 saturated heterocycles. The van der Waals surface area contributed by atoms with Gasteiger partial charge in [0.15, 0.2) is 0 Å². The summed E-state index contributed by atoms with van der Waals surface area (Å²) in [6, 6.07) is 5.60. The lowest BCUT2D eigenvalue weighted by Gasteiger charge is -2.39. The van der Waals surface area contributed by atoms with E-state index in [0.29, 0.717) is 11.6 Å². The predicted octanol–water partition coefficient (Wildman–Crippen LogP) is 2.47. The van der Waals surface area contributed by atoms with E-state index >= 15 is 0 Å². The molecule has 104 valence electrons. The molecule has 1 aliphatic heterocycles. The third-order valence-corrected chi connectivity index (χ3v) is 3.85. The third-order valence-electron chi connectivity index (χ3n) is 3.57. The lowest BCUT2D eigenvalue weighted by Crippen LogP contribution is -2.50. The van der Waals surface area contributed by atoms with Gasteiger partial charge in [-0.05, 0) is 26.1 Å². The fraction of sp³-hybridized carbons (Fsp3) is 0.538. The monoisotopic (exact) mass is 283 g/mol. The highest BCUT2D eigenvalue weighted by Gasteiger charge is 2.23. The van der Waals surface area contributed by atoms with Crippen LogP contribution in [-0.2, 0) is 5.88 Å². The smallest absolute Gasteiger partial charge is 0.273 e. The van der Waals surface area contributed by atoms with Crippen molar-refractivity contribution < 1.29 is 4.92 Å². The zero-order chi connectivity index (χ0) is 14.0. The molecule has 1 aromatic rings. The Hall–Kier alpha value is -1.33. The van der Waals surface area contributed by atoms with Crippen molar-refractivity contribution in [1.82, 2.24) is 4.90 Å². The Balaban J connectivity index is 2.28. The minimum atomic E-state index is -0.380. The summed E-state index contributed by atoms with van der Waals surface area (Å²) in [7, 11) is 2.11. The van der Waals surface area contributed by atoms with Crippen molar-refractivity contribution in [3.05, 3.63) is 33.9 Å². The van der Waals surface area contributed by atoms with E-state index < -0.39 is 0 Å². The normalized spacial score (nSPS) is 20.6. The summed E-state index contributed by atoms with van der Waals surface area (Å²) in [6.45, 7) is 5.08. The van der Waals surface area contributed by atoms with Crippen LogP contribution in [-0.4, -0.2) is 42.5 Å². The Morgan fingerprint density at radius 1 is 1.47 bits per heavy atom. The summed E-state index contributed by atoms with van der Waals surface area (Å²) in [5.74, 6) is 0.159. The molecule has 0 N–H and O–H groups in total. The van der Waals surface area contributed by atoms with Crippen molar-refractivity contribution >= 4 is 23.0 Å². The first-order valence-electron chi connectivity index (χ1n) is 6.31. The fourth-order valence-electron chi connectivity index (χ4n) is 2.56. The van der Waals surface area contributed by atoms with E-state index in [4.69, 9.17) is 11.6 Å². The van der Waals surface area contributed by atoms with Crippen LogP contribution in [0.1, 0.15) is 12.5 Å². The van der Waals surface area contributed by atoms with Gasteiger partial charge in [0.1, 0.15) is 0 Å². The van der Waals surface area contributed by atoms with Crippen molar-refractivity contribution in [3.63, 3.8) is 0 Å². The number of anilines is 1. The number of benzene rings is 1. The Bertz CT molecular complexity index is 481. The summed E-state index contributed by atoms with van der Waals surface area (Å²) in [4.78, 5) is 15.1. The summed E-state index contributed by atoms with van der Waals surface area (Å²) in [6.07, 6.45) is 0. The third kappa shape index (κ3) is 2.98. The van der Waals surface area contributed by atoms with Gasteiger partial charge in [-0.1, -0.05) is 0 Å². The van der Waals surface area contributed by atoms with E-state index in [-0.39, 0.29) is 16.5 Å². The fourth-order valence-corrected chi connectivity index (χ4v) is 2.77. The second kappa shape index (κ2) is 5.75. The Kier molecular flexibility index (Phi) is 4.27. The van der Waals surface area contributed by atoms with Gasteiger partial charge in [0.2, 0.25) is 0 Å². The van der Waals surface area contributed by atoms with Crippen molar-refractivity contribution in [2.24, 2.45) is 0 Å². The largest absolute Gasteiger partial charge is 0.366 e. The van der Waals surface area contributed by atoms with Crippen LogP contribution in [0.5, 0.6) is 0 Å².